The molecular formula is C14H21N3O2. The average molecular weight is 263 g/mol. The van der Waals surface area contributed by atoms with E-state index in [1.165, 1.54) is 0 Å². The van der Waals surface area contributed by atoms with Gasteiger partial charge in [-0.1, -0.05) is 0 Å². The molecule has 0 aliphatic carbocycles. The third-order valence-corrected chi connectivity index (χ3v) is 4.39. The van der Waals surface area contributed by atoms with Crippen LogP contribution in [-0.4, -0.2) is 45.2 Å². The largest absolute Gasteiger partial charge is 0.396 e. The smallest absolute Gasteiger partial charge is 0.226 e. The van der Waals surface area contributed by atoms with Gasteiger partial charge in [-0.2, -0.15) is 0 Å². The number of aryl methyl sites for hydroxylation is 1. The van der Waals surface area contributed by atoms with Gasteiger partial charge in [0, 0.05) is 51.0 Å². The molecule has 2 unspecified atom stereocenters. The number of amides is 1. The minimum Gasteiger partial charge on any atom is -0.396 e. The number of imidazole rings is 1. The second-order valence-electron chi connectivity index (χ2n) is 5.70. The SMILES string of the molecule is O=C(C1CCn2ccnc2C1)N1CCCC(CO)C1. The predicted molar refractivity (Wildman–Crippen MR) is 70.4 cm³/mol. The molecule has 1 amide bonds. The van der Waals surface area contributed by atoms with E-state index in [0.29, 0.717) is 0 Å². The summed E-state index contributed by atoms with van der Waals surface area (Å²) in [7, 11) is 0. The summed E-state index contributed by atoms with van der Waals surface area (Å²) in [6, 6.07) is 0. The topological polar surface area (TPSA) is 58.4 Å². The summed E-state index contributed by atoms with van der Waals surface area (Å²) in [5.74, 6) is 1.63. The number of hydrogen-bond donors (Lipinski definition) is 1. The number of nitrogens with zero attached hydrogens (tertiary/aromatic N) is 3. The number of carbonyl (C=O) groups excluding carboxylic acids is 1. The summed E-state index contributed by atoms with van der Waals surface area (Å²) in [6.45, 7) is 2.66. The lowest BCUT2D eigenvalue weighted by Gasteiger charge is -2.35. The van der Waals surface area contributed by atoms with Crippen LogP contribution in [0.4, 0.5) is 0 Å². The van der Waals surface area contributed by atoms with Gasteiger partial charge < -0.3 is 14.6 Å². The molecular weight excluding hydrogens is 242 g/mol. The Morgan fingerprint density at radius 1 is 1.42 bits per heavy atom. The van der Waals surface area contributed by atoms with E-state index in [0.717, 1.165) is 51.1 Å². The highest BCUT2D eigenvalue weighted by Crippen LogP contribution is 2.24. The van der Waals surface area contributed by atoms with Crippen LogP contribution in [-0.2, 0) is 17.8 Å². The zero-order chi connectivity index (χ0) is 13.2. The Kier molecular flexibility index (Phi) is 3.55. The highest BCUT2D eigenvalue weighted by Gasteiger charge is 2.31. The second kappa shape index (κ2) is 5.33. The number of aromatic nitrogens is 2. The Hall–Kier alpha value is -1.36. The Morgan fingerprint density at radius 3 is 3.16 bits per heavy atom. The first kappa shape index (κ1) is 12.7. The van der Waals surface area contributed by atoms with Crippen LogP contribution >= 0.6 is 0 Å². The van der Waals surface area contributed by atoms with E-state index in [9.17, 15) is 9.90 Å². The van der Waals surface area contributed by atoms with E-state index in [1.807, 2.05) is 17.3 Å². The maximum atomic E-state index is 12.6. The van der Waals surface area contributed by atoms with Gasteiger partial charge in [-0.15, -0.1) is 0 Å². The molecule has 5 nitrogen and oxygen atoms in total. The van der Waals surface area contributed by atoms with Crippen LogP contribution in [0.2, 0.25) is 0 Å². The molecule has 104 valence electrons. The van der Waals surface area contributed by atoms with Gasteiger partial charge in [-0.05, 0) is 25.2 Å². The molecule has 1 fully saturated rings. The molecule has 3 heterocycles. The molecule has 0 bridgehead atoms. The van der Waals surface area contributed by atoms with Gasteiger partial charge in [0.05, 0.1) is 0 Å². The first-order chi connectivity index (χ1) is 9.28. The molecule has 3 rings (SSSR count). The molecule has 0 radical (unpaired) electrons. The summed E-state index contributed by atoms with van der Waals surface area (Å²) < 4.78 is 2.14. The van der Waals surface area contributed by atoms with Crippen LogP contribution in [0.5, 0.6) is 0 Å². The quantitative estimate of drug-likeness (QED) is 0.853. The van der Waals surface area contributed by atoms with Crippen molar-refractivity contribution in [1.29, 1.82) is 0 Å². The van der Waals surface area contributed by atoms with Crippen molar-refractivity contribution in [3.05, 3.63) is 18.2 Å². The molecule has 19 heavy (non-hydrogen) atoms. The molecule has 2 atom stereocenters. The van der Waals surface area contributed by atoms with E-state index in [2.05, 4.69) is 9.55 Å². The van der Waals surface area contributed by atoms with Crippen molar-refractivity contribution in [1.82, 2.24) is 14.5 Å². The van der Waals surface area contributed by atoms with Crippen molar-refractivity contribution in [2.45, 2.75) is 32.2 Å². The van der Waals surface area contributed by atoms with Gasteiger partial charge in [0.15, 0.2) is 0 Å². The number of likely N-dealkylation sites (tertiary alicyclic amines) is 1. The Balaban J connectivity index is 1.65. The Morgan fingerprint density at radius 2 is 2.32 bits per heavy atom. The number of piperidine rings is 1. The van der Waals surface area contributed by atoms with Gasteiger partial charge in [-0.3, -0.25) is 4.79 Å². The summed E-state index contributed by atoms with van der Waals surface area (Å²) in [6.07, 6.45) is 7.51. The molecule has 1 N–H and O–H groups in total. The fourth-order valence-electron chi connectivity index (χ4n) is 3.23. The Labute approximate surface area is 113 Å². The second-order valence-corrected chi connectivity index (χ2v) is 5.70. The van der Waals surface area contributed by atoms with Crippen molar-refractivity contribution >= 4 is 5.91 Å². The molecule has 5 heteroatoms. The number of aliphatic hydroxyl groups is 1. The van der Waals surface area contributed by atoms with Crippen molar-refractivity contribution in [3.8, 4) is 0 Å². The monoisotopic (exact) mass is 263 g/mol. The lowest BCUT2D eigenvalue weighted by atomic mass is 9.93. The third kappa shape index (κ3) is 2.52. The van der Waals surface area contributed by atoms with Gasteiger partial charge in [0.1, 0.15) is 5.82 Å². The van der Waals surface area contributed by atoms with Crippen LogP contribution in [0.1, 0.15) is 25.1 Å². The lowest BCUT2D eigenvalue weighted by Crippen LogP contribution is -2.45. The zero-order valence-electron chi connectivity index (χ0n) is 11.2. The molecule has 0 saturated carbocycles. The van der Waals surface area contributed by atoms with Crippen molar-refractivity contribution in [3.63, 3.8) is 0 Å². The molecule has 0 aromatic carbocycles. The molecule has 2 aliphatic heterocycles. The van der Waals surface area contributed by atoms with Crippen LogP contribution < -0.4 is 0 Å². The third-order valence-electron chi connectivity index (χ3n) is 4.39. The number of fused-ring (bicyclic) bond motifs is 1. The Bertz CT molecular complexity index is 457. The summed E-state index contributed by atoms with van der Waals surface area (Å²) in [4.78, 5) is 18.8. The maximum Gasteiger partial charge on any atom is 0.226 e. The van der Waals surface area contributed by atoms with Crippen molar-refractivity contribution in [2.24, 2.45) is 11.8 Å². The van der Waals surface area contributed by atoms with Crippen molar-refractivity contribution < 1.29 is 9.90 Å². The number of carbonyl (C=O) groups is 1. The normalized spacial score (nSPS) is 27.1. The molecule has 1 aromatic heterocycles. The maximum absolute atomic E-state index is 12.6. The first-order valence-corrected chi connectivity index (χ1v) is 7.17. The minimum absolute atomic E-state index is 0.0762. The van der Waals surface area contributed by atoms with Crippen LogP contribution in [0.15, 0.2) is 12.4 Å². The van der Waals surface area contributed by atoms with Gasteiger partial charge in [-0.25, -0.2) is 4.98 Å². The molecule has 0 spiro atoms. The van der Waals surface area contributed by atoms with E-state index in [-0.39, 0.29) is 24.3 Å². The van der Waals surface area contributed by atoms with E-state index >= 15 is 0 Å². The van der Waals surface area contributed by atoms with Gasteiger partial charge in [0.25, 0.3) is 0 Å². The molecule has 2 aliphatic rings. The molecule has 1 saturated heterocycles. The fraction of sp³-hybridized carbons (Fsp3) is 0.714. The van der Waals surface area contributed by atoms with E-state index in [4.69, 9.17) is 0 Å². The fourth-order valence-corrected chi connectivity index (χ4v) is 3.23. The standard InChI is InChI=1S/C14H21N3O2/c18-10-11-2-1-5-17(9-11)14(19)12-3-6-16-7-4-15-13(16)8-12/h4,7,11-12,18H,1-3,5-6,8-10H2. The molecule has 1 aromatic rings. The van der Waals surface area contributed by atoms with E-state index < -0.39 is 0 Å². The summed E-state index contributed by atoms with van der Waals surface area (Å²) in [5, 5.41) is 9.25. The zero-order valence-corrected chi connectivity index (χ0v) is 11.2. The highest BCUT2D eigenvalue weighted by atomic mass is 16.3. The first-order valence-electron chi connectivity index (χ1n) is 7.17. The number of aliphatic hydroxyl groups excluding tert-OH is 1. The number of hydrogen-bond acceptors (Lipinski definition) is 3. The van der Waals surface area contributed by atoms with Gasteiger partial charge in [0.2, 0.25) is 5.91 Å². The van der Waals surface area contributed by atoms with Crippen LogP contribution in [0.3, 0.4) is 0 Å². The number of rotatable bonds is 2. The lowest BCUT2D eigenvalue weighted by molar-refractivity contribution is -0.138. The van der Waals surface area contributed by atoms with Crippen LogP contribution in [0.25, 0.3) is 0 Å². The minimum atomic E-state index is 0.0762. The van der Waals surface area contributed by atoms with E-state index in [1.54, 1.807) is 0 Å². The summed E-state index contributed by atoms with van der Waals surface area (Å²) >= 11 is 0. The van der Waals surface area contributed by atoms with Crippen LogP contribution in [0, 0.1) is 11.8 Å². The summed E-state index contributed by atoms with van der Waals surface area (Å²) in [5.41, 5.74) is 0. The van der Waals surface area contributed by atoms with Crippen molar-refractivity contribution in [2.75, 3.05) is 19.7 Å². The highest BCUT2D eigenvalue weighted by molar-refractivity contribution is 5.79. The average Bonchev–Trinajstić information content (AvgIpc) is 2.94. The van der Waals surface area contributed by atoms with Gasteiger partial charge >= 0.3 is 0 Å². The predicted octanol–water partition coefficient (Wildman–Crippen LogP) is 0.676.